The van der Waals surface area contributed by atoms with Gasteiger partial charge in [-0.15, -0.1) is 0 Å². The molecule has 0 aliphatic heterocycles. The van der Waals surface area contributed by atoms with Crippen molar-refractivity contribution >= 4 is 0 Å². The zero-order chi connectivity index (χ0) is 11.4. The standard InChI is InChI=1S/C12H25NO2/c1-4-6-10-15-12(3)11-13-8-7-9-14-5-2/h4,6,12-13H,5,7-11H2,1-3H3. The molecule has 3 nitrogen and oxygen atoms in total. The zero-order valence-electron chi connectivity index (χ0n) is 10.3. The Balaban J connectivity index is 3.12. The summed E-state index contributed by atoms with van der Waals surface area (Å²) in [5.74, 6) is 0. The van der Waals surface area contributed by atoms with Crippen LogP contribution in [0, 0.1) is 0 Å². The van der Waals surface area contributed by atoms with Gasteiger partial charge >= 0.3 is 0 Å². The summed E-state index contributed by atoms with van der Waals surface area (Å²) in [6.45, 7) is 10.4. The second-order valence-electron chi connectivity index (χ2n) is 3.47. The van der Waals surface area contributed by atoms with Crippen LogP contribution in [0.25, 0.3) is 0 Å². The molecule has 0 heterocycles. The van der Waals surface area contributed by atoms with Crippen molar-refractivity contribution < 1.29 is 9.47 Å². The maximum absolute atomic E-state index is 5.53. The lowest BCUT2D eigenvalue weighted by Crippen LogP contribution is -2.28. The summed E-state index contributed by atoms with van der Waals surface area (Å²) in [6.07, 6.45) is 5.36. The third-order valence-corrected chi connectivity index (χ3v) is 1.99. The highest BCUT2D eigenvalue weighted by Gasteiger charge is 1.99. The van der Waals surface area contributed by atoms with Crippen LogP contribution in [0.15, 0.2) is 12.2 Å². The van der Waals surface area contributed by atoms with E-state index in [-0.39, 0.29) is 6.10 Å². The second-order valence-corrected chi connectivity index (χ2v) is 3.47. The van der Waals surface area contributed by atoms with Crippen LogP contribution in [0.1, 0.15) is 27.2 Å². The summed E-state index contributed by atoms with van der Waals surface area (Å²) >= 11 is 0. The van der Waals surface area contributed by atoms with Crippen molar-refractivity contribution in [1.29, 1.82) is 0 Å². The fraction of sp³-hybridized carbons (Fsp3) is 0.833. The van der Waals surface area contributed by atoms with Crippen LogP contribution in [0.2, 0.25) is 0 Å². The molecule has 3 heteroatoms. The Hall–Kier alpha value is -0.380. The molecule has 0 fully saturated rings. The van der Waals surface area contributed by atoms with E-state index in [0.717, 1.165) is 32.7 Å². The minimum Gasteiger partial charge on any atom is -0.382 e. The number of rotatable bonds is 10. The van der Waals surface area contributed by atoms with Gasteiger partial charge in [0.05, 0.1) is 12.7 Å². The quantitative estimate of drug-likeness (QED) is 0.446. The summed E-state index contributed by atoms with van der Waals surface area (Å²) in [6, 6.07) is 0. The van der Waals surface area contributed by atoms with E-state index < -0.39 is 0 Å². The zero-order valence-corrected chi connectivity index (χ0v) is 10.3. The average Bonchev–Trinajstić information content (AvgIpc) is 2.23. The first-order chi connectivity index (χ1) is 7.31. The predicted molar refractivity (Wildman–Crippen MR) is 64.2 cm³/mol. The summed E-state index contributed by atoms with van der Waals surface area (Å²) in [5, 5.41) is 3.34. The van der Waals surface area contributed by atoms with E-state index in [4.69, 9.17) is 9.47 Å². The maximum atomic E-state index is 5.53. The molecule has 0 aliphatic rings. The molecule has 0 saturated carbocycles. The van der Waals surface area contributed by atoms with E-state index in [0.29, 0.717) is 6.61 Å². The van der Waals surface area contributed by atoms with Crippen molar-refractivity contribution in [1.82, 2.24) is 5.32 Å². The molecular weight excluding hydrogens is 190 g/mol. The summed E-state index contributed by atoms with van der Waals surface area (Å²) in [7, 11) is 0. The molecule has 0 aromatic heterocycles. The van der Waals surface area contributed by atoms with Gasteiger partial charge in [-0.2, -0.15) is 0 Å². The van der Waals surface area contributed by atoms with E-state index in [1.165, 1.54) is 0 Å². The Kier molecular flexibility index (Phi) is 11.4. The van der Waals surface area contributed by atoms with Crippen molar-refractivity contribution in [3.8, 4) is 0 Å². The van der Waals surface area contributed by atoms with Crippen molar-refractivity contribution in [2.24, 2.45) is 0 Å². The molecule has 1 atom stereocenters. The van der Waals surface area contributed by atoms with Gasteiger partial charge in [-0.3, -0.25) is 0 Å². The first kappa shape index (κ1) is 14.6. The highest BCUT2D eigenvalue weighted by atomic mass is 16.5. The van der Waals surface area contributed by atoms with E-state index in [9.17, 15) is 0 Å². The molecule has 90 valence electrons. The SMILES string of the molecule is CC=CCOC(C)CNCCCOCC. The molecule has 15 heavy (non-hydrogen) atoms. The minimum absolute atomic E-state index is 0.272. The van der Waals surface area contributed by atoms with Crippen LogP contribution in [-0.2, 0) is 9.47 Å². The highest BCUT2D eigenvalue weighted by molar-refractivity contribution is 4.76. The molecule has 0 aromatic rings. The topological polar surface area (TPSA) is 30.5 Å². The summed E-state index contributed by atoms with van der Waals surface area (Å²) < 4.78 is 10.8. The van der Waals surface area contributed by atoms with E-state index in [1.807, 2.05) is 26.0 Å². The van der Waals surface area contributed by atoms with Gasteiger partial charge in [0.1, 0.15) is 0 Å². The Morgan fingerprint density at radius 1 is 1.40 bits per heavy atom. The fourth-order valence-corrected chi connectivity index (χ4v) is 1.12. The first-order valence-electron chi connectivity index (χ1n) is 5.82. The van der Waals surface area contributed by atoms with Gasteiger partial charge in [0, 0.05) is 19.8 Å². The third-order valence-electron chi connectivity index (χ3n) is 1.99. The number of ether oxygens (including phenoxy) is 2. The van der Waals surface area contributed by atoms with Crippen LogP contribution in [0.5, 0.6) is 0 Å². The Morgan fingerprint density at radius 2 is 2.20 bits per heavy atom. The largest absolute Gasteiger partial charge is 0.382 e. The van der Waals surface area contributed by atoms with Crippen molar-refractivity contribution in [2.75, 3.05) is 32.9 Å². The fourth-order valence-electron chi connectivity index (χ4n) is 1.12. The maximum Gasteiger partial charge on any atom is 0.0675 e. The van der Waals surface area contributed by atoms with Crippen LogP contribution in [0.4, 0.5) is 0 Å². The molecule has 0 radical (unpaired) electrons. The van der Waals surface area contributed by atoms with Crippen molar-refractivity contribution in [2.45, 2.75) is 33.3 Å². The van der Waals surface area contributed by atoms with Crippen LogP contribution >= 0.6 is 0 Å². The predicted octanol–water partition coefficient (Wildman–Crippen LogP) is 1.98. The van der Waals surface area contributed by atoms with Gasteiger partial charge in [-0.05, 0) is 33.7 Å². The monoisotopic (exact) mass is 215 g/mol. The van der Waals surface area contributed by atoms with Crippen LogP contribution < -0.4 is 5.32 Å². The number of allylic oxidation sites excluding steroid dienone is 1. The van der Waals surface area contributed by atoms with E-state index in [2.05, 4.69) is 12.2 Å². The molecule has 0 aromatic carbocycles. The molecule has 0 aliphatic carbocycles. The van der Waals surface area contributed by atoms with Crippen LogP contribution in [0.3, 0.4) is 0 Å². The Morgan fingerprint density at radius 3 is 2.87 bits per heavy atom. The lowest BCUT2D eigenvalue weighted by Gasteiger charge is -2.12. The van der Waals surface area contributed by atoms with Gasteiger partial charge < -0.3 is 14.8 Å². The van der Waals surface area contributed by atoms with Crippen molar-refractivity contribution in [3.05, 3.63) is 12.2 Å². The molecule has 0 bridgehead atoms. The van der Waals surface area contributed by atoms with Crippen molar-refractivity contribution in [3.63, 3.8) is 0 Å². The van der Waals surface area contributed by atoms with Crippen LogP contribution in [-0.4, -0.2) is 39.0 Å². The van der Waals surface area contributed by atoms with Gasteiger partial charge in [-0.1, -0.05) is 12.2 Å². The summed E-state index contributed by atoms with van der Waals surface area (Å²) in [5.41, 5.74) is 0. The molecule has 0 saturated heterocycles. The van der Waals surface area contributed by atoms with Gasteiger partial charge in [-0.25, -0.2) is 0 Å². The lowest BCUT2D eigenvalue weighted by molar-refractivity contribution is 0.0866. The Labute approximate surface area is 93.8 Å². The molecular formula is C12H25NO2. The van der Waals surface area contributed by atoms with E-state index in [1.54, 1.807) is 0 Å². The van der Waals surface area contributed by atoms with Gasteiger partial charge in [0.2, 0.25) is 0 Å². The summed E-state index contributed by atoms with van der Waals surface area (Å²) in [4.78, 5) is 0. The number of hydrogen-bond donors (Lipinski definition) is 1. The lowest BCUT2D eigenvalue weighted by atomic mass is 10.3. The average molecular weight is 215 g/mol. The molecule has 0 rings (SSSR count). The van der Waals surface area contributed by atoms with Gasteiger partial charge in [0.25, 0.3) is 0 Å². The molecule has 0 amide bonds. The normalized spacial score (nSPS) is 13.5. The van der Waals surface area contributed by atoms with Gasteiger partial charge in [0.15, 0.2) is 0 Å². The first-order valence-corrected chi connectivity index (χ1v) is 5.82. The molecule has 1 N–H and O–H groups in total. The second kappa shape index (κ2) is 11.7. The number of hydrogen-bond acceptors (Lipinski definition) is 3. The van der Waals surface area contributed by atoms with E-state index >= 15 is 0 Å². The smallest absolute Gasteiger partial charge is 0.0675 e. The molecule has 0 spiro atoms. The molecule has 1 unspecified atom stereocenters. The minimum atomic E-state index is 0.272. The third kappa shape index (κ3) is 11.5. The Bertz CT molecular complexity index is 149. The number of nitrogens with one attached hydrogen (secondary N) is 1. The highest BCUT2D eigenvalue weighted by Crippen LogP contribution is 1.89.